The van der Waals surface area contributed by atoms with E-state index in [1.807, 2.05) is 18.3 Å². The Balaban J connectivity index is 1.48. The number of hydrogen-bond acceptors (Lipinski definition) is 5. The number of aliphatic carboxylic acids is 1. The lowest BCUT2D eigenvalue weighted by Crippen LogP contribution is -2.66. The lowest BCUT2D eigenvalue weighted by atomic mass is 9.34. The van der Waals surface area contributed by atoms with E-state index >= 15 is 0 Å². The predicted octanol–water partition coefficient (Wildman–Crippen LogP) is 7.29. The number of carboxylic acid groups (broad SMARTS) is 1. The quantitative estimate of drug-likeness (QED) is 0.417. The highest BCUT2D eigenvalue weighted by Crippen LogP contribution is 2.75. The zero-order valence-corrected chi connectivity index (χ0v) is 26.3. The Kier molecular flexibility index (Phi) is 5.62. The topological polar surface area (TPSA) is 70.5 Å². The van der Waals surface area contributed by atoms with Gasteiger partial charge in [-0.25, -0.2) is 4.98 Å². The second kappa shape index (κ2) is 7.98. The molecule has 5 nitrogen and oxygen atoms in total. The van der Waals surface area contributed by atoms with Gasteiger partial charge in [0.2, 0.25) is 0 Å². The normalized spacial score (nSPS) is 46.1. The highest BCUT2D eigenvalue weighted by atomic mass is 32.1. The molecule has 8 atom stereocenters. The maximum absolute atomic E-state index is 14.6. The maximum Gasteiger partial charge on any atom is 0.309 e. The van der Waals surface area contributed by atoms with Crippen molar-refractivity contribution in [2.24, 2.45) is 44.8 Å². The Bertz CT molecular complexity index is 1300. The van der Waals surface area contributed by atoms with E-state index in [4.69, 9.17) is 4.98 Å². The van der Waals surface area contributed by atoms with Crippen LogP contribution in [0.1, 0.15) is 104 Å². The second-order valence-corrected chi connectivity index (χ2v) is 17.2. The van der Waals surface area contributed by atoms with Gasteiger partial charge in [-0.3, -0.25) is 9.59 Å². The molecule has 0 unspecified atom stereocenters. The summed E-state index contributed by atoms with van der Waals surface area (Å²) in [6.07, 6.45) is 9.66. The molecule has 1 heterocycles. The Labute approximate surface area is 238 Å². The van der Waals surface area contributed by atoms with E-state index in [1.54, 1.807) is 0 Å². The van der Waals surface area contributed by atoms with Crippen molar-refractivity contribution in [2.75, 3.05) is 19.0 Å². The first-order chi connectivity index (χ1) is 17.9. The van der Waals surface area contributed by atoms with E-state index in [0.717, 1.165) is 50.1 Å². The third kappa shape index (κ3) is 3.33. The van der Waals surface area contributed by atoms with Crippen LogP contribution in [0.2, 0.25) is 0 Å². The van der Waals surface area contributed by atoms with E-state index in [1.165, 1.54) is 16.1 Å². The van der Waals surface area contributed by atoms with Crippen LogP contribution in [0.5, 0.6) is 0 Å². The van der Waals surface area contributed by atoms with E-state index in [-0.39, 0.29) is 38.9 Å². The predicted molar refractivity (Wildman–Crippen MR) is 157 cm³/mol. The Morgan fingerprint density at radius 1 is 1.03 bits per heavy atom. The van der Waals surface area contributed by atoms with Crippen molar-refractivity contribution in [1.29, 1.82) is 0 Å². The van der Waals surface area contributed by atoms with Crippen LogP contribution >= 0.6 is 11.3 Å². The van der Waals surface area contributed by atoms with Crippen molar-refractivity contribution >= 4 is 28.2 Å². The molecule has 39 heavy (non-hydrogen) atoms. The molecule has 3 saturated carbocycles. The first-order valence-electron chi connectivity index (χ1n) is 15.1. The summed E-state index contributed by atoms with van der Waals surface area (Å²) in [5.74, 6) is 0.152. The fourth-order valence-electron chi connectivity index (χ4n) is 10.8. The molecule has 5 aliphatic carbocycles. The zero-order chi connectivity index (χ0) is 28.6. The molecule has 0 saturated heterocycles. The number of aromatic nitrogens is 1. The standard InChI is InChI=1S/C33H48N2O3S/c1-28(2)23-10-11-33(7)24(31(23,5)18-22-25(28)34-27(39-22)35(8)9)21(36)16-19-20-17-30(4,26(37)38)13-12-29(20,3)14-15-32(19,33)6/h16,20,23-24H,10-15,17-18H2,1-9H3,(H,37,38)/t20-,23-,24+,29+,30-,31-,32+,33+/m0/s1. The van der Waals surface area contributed by atoms with Crippen molar-refractivity contribution in [1.82, 2.24) is 4.98 Å². The zero-order valence-electron chi connectivity index (χ0n) is 25.5. The number of ketones is 1. The van der Waals surface area contributed by atoms with Gasteiger partial charge in [0, 0.05) is 30.3 Å². The number of nitrogens with zero attached hydrogens (tertiary/aromatic N) is 2. The monoisotopic (exact) mass is 552 g/mol. The number of anilines is 1. The van der Waals surface area contributed by atoms with Gasteiger partial charge in [-0.15, -0.1) is 11.3 Å². The Morgan fingerprint density at radius 3 is 2.33 bits per heavy atom. The van der Waals surface area contributed by atoms with E-state index in [9.17, 15) is 14.7 Å². The molecule has 3 fully saturated rings. The van der Waals surface area contributed by atoms with Crippen molar-refractivity contribution in [3.63, 3.8) is 0 Å². The van der Waals surface area contributed by atoms with Gasteiger partial charge in [-0.05, 0) is 97.9 Å². The van der Waals surface area contributed by atoms with Crippen LogP contribution in [0.4, 0.5) is 5.13 Å². The minimum atomic E-state index is -0.714. The van der Waals surface area contributed by atoms with Gasteiger partial charge in [0.1, 0.15) is 0 Å². The summed E-state index contributed by atoms with van der Waals surface area (Å²) >= 11 is 1.81. The van der Waals surface area contributed by atoms with Gasteiger partial charge in [-0.2, -0.15) is 0 Å². The lowest BCUT2D eigenvalue weighted by molar-refractivity contribution is -0.173. The SMILES string of the molecule is CN(C)c1nc2c(s1)C[C@]1(C)[C@H]3C(=O)C=C4[C@@H]5C[C@@](C)(C(=O)O)CC[C@]5(C)CC[C@@]4(C)[C@]3(C)CC[C@H]1C2(C)C. The number of rotatable bonds is 2. The molecule has 0 spiro atoms. The Hall–Kier alpha value is -1.69. The minimum absolute atomic E-state index is 0.0337. The van der Waals surface area contributed by atoms with Gasteiger partial charge < -0.3 is 10.0 Å². The summed E-state index contributed by atoms with van der Waals surface area (Å²) < 4.78 is 0. The average Bonchev–Trinajstić information content (AvgIpc) is 3.26. The number of thiazole rings is 1. The van der Waals surface area contributed by atoms with Gasteiger partial charge in [0.25, 0.3) is 0 Å². The molecule has 0 aliphatic heterocycles. The van der Waals surface area contributed by atoms with Gasteiger partial charge in [0.15, 0.2) is 10.9 Å². The molecule has 1 aromatic rings. The average molecular weight is 553 g/mol. The van der Waals surface area contributed by atoms with Crippen LogP contribution in [-0.4, -0.2) is 35.9 Å². The van der Waals surface area contributed by atoms with Crippen LogP contribution in [0.15, 0.2) is 11.6 Å². The van der Waals surface area contributed by atoms with Crippen molar-refractivity contribution < 1.29 is 14.7 Å². The number of fused-ring (bicyclic) bond motifs is 8. The van der Waals surface area contributed by atoms with E-state index in [0.29, 0.717) is 18.1 Å². The number of allylic oxidation sites excluding steroid dienone is 2. The lowest BCUT2D eigenvalue weighted by Gasteiger charge is -2.69. The largest absolute Gasteiger partial charge is 0.481 e. The molecular weight excluding hydrogens is 504 g/mol. The summed E-state index contributed by atoms with van der Waals surface area (Å²) in [7, 11) is 4.14. The first kappa shape index (κ1) is 27.5. The Morgan fingerprint density at radius 2 is 1.69 bits per heavy atom. The summed E-state index contributed by atoms with van der Waals surface area (Å²) in [6.45, 7) is 16.3. The molecule has 0 aromatic carbocycles. The summed E-state index contributed by atoms with van der Waals surface area (Å²) in [5, 5.41) is 11.2. The fraction of sp³-hybridized carbons (Fsp3) is 0.788. The van der Waals surface area contributed by atoms with Crippen LogP contribution in [-0.2, 0) is 21.4 Å². The highest BCUT2D eigenvalue weighted by Gasteiger charge is 2.70. The van der Waals surface area contributed by atoms with Crippen molar-refractivity contribution in [2.45, 2.75) is 105 Å². The maximum atomic E-state index is 14.6. The summed E-state index contributed by atoms with van der Waals surface area (Å²) in [6, 6.07) is 0. The third-order valence-electron chi connectivity index (χ3n) is 13.4. The van der Waals surface area contributed by atoms with Crippen molar-refractivity contribution in [3.8, 4) is 0 Å². The molecular formula is C33H48N2O3S. The van der Waals surface area contributed by atoms with E-state index in [2.05, 4.69) is 66.6 Å². The molecule has 0 bridgehead atoms. The molecule has 214 valence electrons. The van der Waals surface area contributed by atoms with Crippen LogP contribution in [0.3, 0.4) is 0 Å². The minimum Gasteiger partial charge on any atom is -0.481 e. The van der Waals surface area contributed by atoms with E-state index < -0.39 is 11.4 Å². The van der Waals surface area contributed by atoms with Crippen LogP contribution in [0.25, 0.3) is 0 Å². The first-order valence-corrected chi connectivity index (χ1v) is 15.9. The molecule has 0 amide bonds. The molecule has 6 rings (SSSR count). The molecule has 1 aromatic heterocycles. The van der Waals surface area contributed by atoms with Crippen molar-refractivity contribution in [3.05, 3.63) is 22.2 Å². The van der Waals surface area contributed by atoms with Crippen LogP contribution in [0, 0.1) is 44.8 Å². The van der Waals surface area contributed by atoms with Gasteiger partial charge in [0.05, 0.1) is 11.1 Å². The number of carbonyl (C=O) groups excluding carboxylic acids is 1. The second-order valence-electron chi connectivity index (χ2n) is 16.1. The third-order valence-corrected chi connectivity index (χ3v) is 14.7. The summed E-state index contributed by atoms with van der Waals surface area (Å²) in [5.41, 5.74) is 1.45. The summed E-state index contributed by atoms with van der Waals surface area (Å²) in [4.78, 5) is 35.6. The molecule has 6 heteroatoms. The smallest absolute Gasteiger partial charge is 0.309 e. The number of carboxylic acids is 1. The van der Waals surface area contributed by atoms with Gasteiger partial charge >= 0.3 is 5.97 Å². The molecule has 0 radical (unpaired) electrons. The van der Waals surface area contributed by atoms with Crippen LogP contribution < -0.4 is 4.90 Å². The fourth-order valence-corrected chi connectivity index (χ4v) is 12.2. The number of hydrogen-bond donors (Lipinski definition) is 1. The highest BCUT2D eigenvalue weighted by molar-refractivity contribution is 7.15. The molecule has 1 N–H and O–H groups in total. The molecule has 5 aliphatic rings. The van der Waals surface area contributed by atoms with Gasteiger partial charge in [-0.1, -0.05) is 47.1 Å². The number of carbonyl (C=O) groups is 2.